The van der Waals surface area contributed by atoms with Crippen LogP contribution in [0.25, 0.3) is 5.57 Å². The Balaban J connectivity index is 3.24. The number of thiocarbonyl (C=S) groups is 1. The molecule has 76 valence electrons. The lowest BCUT2D eigenvalue weighted by atomic mass is 10.0. The number of hydrogen-bond acceptors (Lipinski definition) is 2. The molecule has 0 aliphatic heterocycles. The van der Waals surface area contributed by atoms with Gasteiger partial charge in [-0.15, -0.1) is 0 Å². The molecule has 0 atom stereocenters. The highest BCUT2D eigenvalue weighted by atomic mass is 35.5. The molecule has 0 heterocycles. The molecule has 0 spiro atoms. The fraction of sp³-hybridized carbons (Fsp3) is 0.0909. The van der Waals surface area contributed by atoms with Crippen LogP contribution >= 0.6 is 23.8 Å². The van der Waals surface area contributed by atoms with Gasteiger partial charge >= 0.3 is 0 Å². The van der Waals surface area contributed by atoms with Gasteiger partial charge < -0.3 is 5.73 Å². The Kier molecular flexibility index (Phi) is 3.84. The summed E-state index contributed by atoms with van der Waals surface area (Å²) in [4.78, 5) is 0.116. The van der Waals surface area contributed by atoms with Crippen LogP contribution in [0.3, 0.4) is 0 Å². The molecule has 0 aliphatic carbocycles. The Morgan fingerprint density at radius 2 is 1.93 bits per heavy atom. The van der Waals surface area contributed by atoms with E-state index in [-0.39, 0.29) is 4.99 Å². The third-order valence-electron chi connectivity index (χ3n) is 2.01. The molecule has 0 saturated carbocycles. The average Bonchev–Trinajstić information content (AvgIpc) is 2.19. The predicted octanol–water partition coefficient (Wildman–Crippen LogP) is 2.92. The normalized spacial score (nSPS) is 11.5. The van der Waals surface area contributed by atoms with Crippen LogP contribution < -0.4 is 5.73 Å². The van der Waals surface area contributed by atoms with E-state index in [1.807, 2.05) is 18.2 Å². The van der Waals surface area contributed by atoms with Gasteiger partial charge in [0.05, 0.1) is 5.57 Å². The van der Waals surface area contributed by atoms with Crippen molar-refractivity contribution in [2.24, 2.45) is 5.73 Å². The van der Waals surface area contributed by atoms with Crippen LogP contribution in [0.4, 0.5) is 0 Å². The maximum absolute atomic E-state index is 8.88. The van der Waals surface area contributed by atoms with Gasteiger partial charge in [0.25, 0.3) is 0 Å². The standard InChI is InChI=1S/C11H9ClN2S/c1-7(10(6-13)11(14)15)8-2-4-9(12)5-3-8/h2-5H,1H3,(H2,14,15). The first kappa shape index (κ1) is 11.7. The van der Waals surface area contributed by atoms with Crippen molar-refractivity contribution in [1.82, 2.24) is 0 Å². The van der Waals surface area contributed by atoms with Crippen LogP contribution in [0.15, 0.2) is 29.8 Å². The van der Waals surface area contributed by atoms with Crippen molar-refractivity contribution in [3.05, 3.63) is 40.4 Å². The second kappa shape index (κ2) is 4.92. The molecule has 1 aromatic rings. The van der Waals surface area contributed by atoms with Gasteiger partial charge in [0.2, 0.25) is 0 Å². The summed E-state index contributed by atoms with van der Waals surface area (Å²) in [5, 5.41) is 9.53. The minimum absolute atomic E-state index is 0.116. The first-order chi connectivity index (χ1) is 7.06. The number of nitrogens with zero attached hydrogens (tertiary/aromatic N) is 1. The third-order valence-corrected chi connectivity index (χ3v) is 2.47. The highest BCUT2D eigenvalue weighted by Gasteiger charge is 2.06. The molecule has 1 aromatic carbocycles. The fourth-order valence-electron chi connectivity index (χ4n) is 1.17. The Morgan fingerprint density at radius 3 is 2.33 bits per heavy atom. The topological polar surface area (TPSA) is 49.8 Å². The third kappa shape index (κ3) is 2.79. The molecule has 0 amide bonds. The summed E-state index contributed by atoms with van der Waals surface area (Å²) in [6.45, 7) is 1.81. The minimum atomic E-state index is 0.116. The molecule has 0 unspecified atom stereocenters. The zero-order valence-electron chi connectivity index (χ0n) is 8.12. The van der Waals surface area contributed by atoms with Gasteiger partial charge in [-0.1, -0.05) is 36.0 Å². The molecule has 0 aliphatic rings. The number of benzene rings is 1. The summed E-state index contributed by atoms with van der Waals surface area (Å²) in [6, 6.07) is 9.17. The summed E-state index contributed by atoms with van der Waals surface area (Å²) < 4.78 is 0. The number of nitrogens with two attached hydrogens (primary N) is 1. The smallest absolute Gasteiger partial charge is 0.114 e. The van der Waals surface area contributed by atoms with Crippen LogP contribution in [-0.4, -0.2) is 4.99 Å². The van der Waals surface area contributed by atoms with Gasteiger partial charge in [-0.3, -0.25) is 0 Å². The van der Waals surface area contributed by atoms with Crippen LogP contribution in [0.2, 0.25) is 5.02 Å². The molecular formula is C11H9ClN2S. The van der Waals surface area contributed by atoms with Crippen molar-refractivity contribution in [3.8, 4) is 6.07 Å². The van der Waals surface area contributed by atoms with Crippen LogP contribution in [0, 0.1) is 11.3 Å². The number of rotatable bonds is 2. The van der Waals surface area contributed by atoms with Crippen molar-refractivity contribution >= 4 is 34.4 Å². The molecule has 2 nitrogen and oxygen atoms in total. The first-order valence-electron chi connectivity index (χ1n) is 4.23. The first-order valence-corrected chi connectivity index (χ1v) is 5.01. The van der Waals surface area contributed by atoms with Crippen molar-refractivity contribution < 1.29 is 0 Å². The van der Waals surface area contributed by atoms with Crippen LogP contribution in [-0.2, 0) is 0 Å². The maximum Gasteiger partial charge on any atom is 0.114 e. The van der Waals surface area contributed by atoms with E-state index in [4.69, 9.17) is 34.8 Å². The van der Waals surface area contributed by atoms with Gasteiger partial charge in [0.1, 0.15) is 11.1 Å². The SMILES string of the molecule is CC(=C(C#N)C(N)=S)c1ccc(Cl)cc1. The molecule has 1 rings (SSSR count). The zero-order valence-corrected chi connectivity index (χ0v) is 9.69. The Labute approximate surface area is 99.0 Å². The van der Waals surface area contributed by atoms with Crippen LogP contribution in [0.1, 0.15) is 12.5 Å². The molecule has 15 heavy (non-hydrogen) atoms. The number of halogens is 1. The molecule has 0 aromatic heterocycles. The van der Waals surface area contributed by atoms with Crippen molar-refractivity contribution in [3.63, 3.8) is 0 Å². The Bertz CT molecular complexity index is 454. The quantitative estimate of drug-likeness (QED) is 0.488. The van der Waals surface area contributed by atoms with Crippen LogP contribution in [0.5, 0.6) is 0 Å². The van der Waals surface area contributed by atoms with E-state index in [0.29, 0.717) is 10.6 Å². The van der Waals surface area contributed by atoms with Crippen molar-refractivity contribution in [2.45, 2.75) is 6.92 Å². The largest absolute Gasteiger partial charge is 0.389 e. The van der Waals surface area contributed by atoms with Gasteiger partial charge in [-0.05, 0) is 30.2 Å². The Morgan fingerprint density at radius 1 is 1.40 bits per heavy atom. The van der Waals surface area contributed by atoms with Crippen molar-refractivity contribution in [1.29, 1.82) is 5.26 Å². The summed E-state index contributed by atoms with van der Waals surface area (Å²) in [5.41, 5.74) is 7.44. The van der Waals surface area contributed by atoms with Gasteiger partial charge in [0.15, 0.2) is 0 Å². The second-order valence-corrected chi connectivity index (χ2v) is 3.86. The lowest BCUT2D eigenvalue weighted by molar-refractivity contribution is 1.48. The summed E-state index contributed by atoms with van der Waals surface area (Å²) in [6.07, 6.45) is 0. The summed E-state index contributed by atoms with van der Waals surface area (Å²) >= 11 is 10.6. The minimum Gasteiger partial charge on any atom is -0.389 e. The lowest BCUT2D eigenvalue weighted by Gasteiger charge is -2.04. The number of allylic oxidation sites excluding steroid dienone is 1. The van der Waals surface area contributed by atoms with Crippen molar-refractivity contribution in [2.75, 3.05) is 0 Å². The van der Waals surface area contributed by atoms with E-state index in [9.17, 15) is 0 Å². The second-order valence-electron chi connectivity index (χ2n) is 2.98. The molecule has 0 saturated heterocycles. The molecule has 0 fully saturated rings. The Hall–Kier alpha value is -1.37. The number of nitriles is 1. The van der Waals surface area contributed by atoms with E-state index in [1.165, 1.54) is 0 Å². The van der Waals surface area contributed by atoms with Gasteiger partial charge in [-0.2, -0.15) is 5.26 Å². The molecule has 4 heteroatoms. The number of hydrogen-bond donors (Lipinski definition) is 1. The highest BCUT2D eigenvalue weighted by Crippen LogP contribution is 2.20. The molecule has 0 bridgehead atoms. The zero-order chi connectivity index (χ0) is 11.4. The van der Waals surface area contributed by atoms with E-state index in [1.54, 1.807) is 19.1 Å². The van der Waals surface area contributed by atoms with E-state index >= 15 is 0 Å². The average molecular weight is 237 g/mol. The monoisotopic (exact) mass is 236 g/mol. The summed E-state index contributed by atoms with van der Waals surface area (Å²) in [7, 11) is 0. The predicted molar refractivity (Wildman–Crippen MR) is 66.4 cm³/mol. The molecular weight excluding hydrogens is 228 g/mol. The van der Waals surface area contributed by atoms with E-state index in [0.717, 1.165) is 11.1 Å². The molecule has 0 radical (unpaired) electrons. The van der Waals surface area contributed by atoms with Gasteiger partial charge in [0, 0.05) is 5.02 Å². The van der Waals surface area contributed by atoms with E-state index in [2.05, 4.69) is 0 Å². The summed E-state index contributed by atoms with van der Waals surface area (Å²) in [5.74, 6) is 0. The molecule has 2 N–H and O–H groups in total. The van der Waals surface area contributed by atoms with Gasteiger partial charge in [-0.25, -0.2) is 0 Å². The maximum atomic E-state index is 8.88. The van der Waals surface area contributed by atoms with E-state index < -0.39 is 0 Å². The lowest BCUT2D eigenvalue weighted by Crippen LogP contribution is -2.11. The fourth-order valence-corrected chi connectivity index (χ4v) is 1.49. The highest BCUT2D eigenvalue weighted by molar-refractivity contribution is 7.80.